The molecule has 2 N–H and O–H groups in total. The minimum Gasteiger partial charge on any atom is -0.375 e. The van der Waals surface area contributed by atoms with E-state index in [1.807, 2.05) is 61.7 Å². The fourth-order valence-electron chi connectivity index (χ4n) is 4.82. The summed E-state index contributed by atoms with van der Waals surface area (Å²) in [6.45, 7) is 4.05. The first-order valence-corrected chi connectivity index (χ1v) is 12.4. The van der Waals surface area contributed by atoms with Crippen molar-refractivity contribution in [1.29, 1.82) is 0 Å². The van der Waals surface area contributed by atoms with Crippen molar-refractivity contribution in [2.24, 2.45) is 0 Å². The molecule has 0 bridgehead atoms. The quantitative estimate of drug-likeness (QED) is 0.349. The van der Waals surface area contributed by atoms with Gasteiger partial charge >= 0.3 is 0 Å². The minimum absolute atomic E-state index is 0.000163. The number of anilines is 2. The molecule has 8 nitrogen and oxygen atoms in total. The van der Waals surface area contributed by atoms with Crippen LogP contribution >= 0.6 is 12.2 Å². The van der Waals surface area contributed by atoms with Crippen LogP contribution in [0.15, 0.2) is 79.3 Å². The second kappa shape index (κ2) is 10.5. The average molecular weight is 513 g/mol. The number of nitrogens with one attached hydrogen (secondary N) is 2. The van der Waals surface area contributed by atoms with E-state index in [9.17, 15) is 4.79 Å². The highest BCUT2D eigenvalue weighted by molar-refractivity contribution is 7.80. The molecule has 0 saturated carbocycles. The number of hydrogen-bond donors (Lipinski definition) is 2. The number of ether oxygens (including phenoxy) is 1. The molecule has 0 radical (unpaired) electrons. The highest BCUT2D eigenvalue weighted by Gasteiger charge is 2.42. The van der Waals surface area contributed by atoms with Gasteiger partial charge in [0, 0.05) is 42.3 Å². The normalized spacial score (nSPS) is 17.1. The van der Waals surface area contributed by atoms with Gasteiger partial charge in [-0.15, -0.1) is 0 Å². The largest absolute Gasteiger partial charge is 0.375 e. The summed E-state index contributed by atoms with van der Waals surface area (Å²) in [5, 5.41) is 7.02. The number of nitrogens with zero attached hydrogens (tertiary/aromatic N) is 4. The molecule has 1 saturated heterocycles. The Balaban J connectivity index is 1.61. The zero-order valence-electron chi connectivity index (χ0n) is 20.9. The number of aryl methyl sites for hydroxylation is 2. The lowest BCUT2D eigenvalue weighted by Gasteiger charge is -2.29. The van der Waals surface area contributed by atoms with Crippen molar-refractivity contribution in [2.75, 3.05) is 23.9 Å². The zero-order valence-corrected chi connectivity index (χ0v) is 21.7. The van der Waals surface area contributed by atoms with E-state index in [0.29, 0.717) is 5.11 Å². The first-order valence-electron chi connectivity index (χ1n) is 12.0. The molecule has 37 heavy (non-hydrogen) atoms. The third-order valence-corrected chi connectivity index (χ3v) is 6.76. The van der Waals surface area contributed by atoms with E-state index >= 15 is 0 Å². The third-order valence-electron chi connectivity index (χ3n) is 6.45. The minimum atomic E-state index is -0.199. The Morgan fingerprint density at radius 2 is 1.95 bits per heavy atom. The molecule has 9 heteroatoms. The predicted molar refractivity (Wildman–Crippen MR) is 148 cm³/mol. The zero-order chi connectivity index (χ0) is 25.9. The summed E-state index contributed by atoms with van der Waals surface area (Å²) in [6.07, 6.45) is 5.43. The lowest BCUT2D eigenvalue weighted by atomic mass is 10.0. The highest BCUT2D eigenvalue weighted by Crippen LogP contribution is 2.43. The van der Waals surface area contributed by atoms with Gasteiger partial charge in [-0.05, 0) is 86.2 Å². The first-order chi connectivity index (χ1) is 18.0. The number of amides is 1. The Morgan fingerprint density at radius 1 is 1.08 bits per heavy atom. The number of benzene rings is 1. The fourth-order valence-corrected chi connectivity index (χ4v) is 5.16. The molecule has 2 atom stereocenters. The van der Waals surface area contributed by atoms with Crippen LogP contribution in [0.25, 0.3) is 5.69 Å². The molecule has 1 fully saturated rings. The molecular formula is C28H28N6O2S. The van der Waals surface area contributed by atoms with Crippen molar-refractivity contribution in [3.8, 4) is 5.69 Å². The Bertz CT molecular complexity index is 1420. The van der Waals surface area contributed by atoms with E-state index in [-0.39, 0.29) is 24.6 Å². The molecule has 2 unspecified atom stereocenters. The van der Waals surface area contributed by atoms with Crippen LogP contribution in [0.4, 0.5) is 11.4 Å². The van der Waals surface area contributed by atoms with E-state index in [0.717, 1.165) is 39.7 Å². The summed E-state index contributed by atoms with van der Waals surface area (Å²) in [5.74, 6) is -0.199. The van der Waals surface area contributed by atoms with Crippen LogP contribution in [0.1, 0.15) is 34.7 Å². The summed E-state index contributed by atoms with van der Waals surface area (Å²) >= 11 is 5.90. The van der Waals surface area contributed by atoms with Gasteiger partial charge in [0.15, 0.2) is 5.11 Å². The van der Waals surface area contributed by atoms with Gasteiger partial charge in [0.1, 0.15) is 12.6 Å². The van der Waals surface area contributed by atoms with E-state index in [1.165, 1.54) is 7.11 Å². The van der Waals surface area contributed by atoms with Crippen LogP contribution in [-0.2, 0) is 9.53 Å². The number of methoxy groups -OCH3 is 1. The van der Waals surface area contributed by atoms with E-state index in [1.54, 1.807) is 12.4 Å². The maximum absolute atomic E-state index is 12.1. The summed E-state index contributed by atoms with van der Waals surface area (Å²) < 4.78 is 7.15. The topological polar surface area (TPSA) is 84.3 Å². The number of aromatic nitrogens is 3. The molecule has 0 spiro atoms. The molecule has 0 aliphatic carbocycles. The number of thiocarbonyl (C=S) groups is 1. The lowest BCUT2D eigenvalue weighted by molar-refractivity contribution is -0.119. The van der Waals surface area contributed by atoms with Gasteiger partial charge in [0.05, 0.1) is 23.6 Å². The maximum Gasteiger partial charge on any atom is 0.250 e. The third kappa shape index (κ3) is 4.83. The summed E-state index contributed by atoms with van der Waals surface area (Å²) in [5.41, 5.74) is 6.59. The SMILES string of the molecule is COCC(=O)Nc1ccc(N2C(=S)NC(c3ccccn3)C2c2ccc(C)n2-c2cccnc2)cc1C. The van der Waals surface area contributed by atoms with Crippen molar-refractivity contribution in [2.45, 2.75) is 25.9 Å². The Morgan fingerprint density at radius 3 is 2.65 bits per heavy atom. The molecule has 1 amide bonds. The van der Waals surface area contributed by atoms with Gasteiger partial charge in [0.2, 0.25) is 5.91 Å². The van der Waals surface area contributed by atoms with Gasteiger partial charge in [-0.3, -0.25) is 14.8 Å². The predicted octanol–water partition coefficient (Wildman–Crippen LogP) is 4.65. The Kier molecular flexibility index (Phi) is 6.98. The maximum atomic E-state index is 12.1. The monoisotopic (exact) mass is 512 g/mol. The number of carbonyl (C=O) groups is 1. The molecular weight excluding hydrogens is 484 g/mol. The van der Waals surface area contributed by atoms with E-state index in [4.69, 9.17) is 17.0 Å². The fraction of sp³-hybridized carbons (Fsp3) is 0.214. The second-order valence-electron chi connectivity index (χ2n) is 8.92. The van der Waals surface area contributed by atoms with Crippen molar-refractivity contribution in [3.05, 3.63) is 102 Å². The first kappa shape index (κ1) is 24.6. The van der Waals surface area contributed by atoms with E-state index < -0.39 is 0 Å². The van der Waals surface area contributed by atoms with Gasteiger partial charge in [-0.1, -0.05) is 6.07 Å². The van der Waals surface area contributed by atoms with Crippen molar-refractivity contribution in [3.63, 3.8) is 0 Å². The number of hydrogen-bond acceptors (Lipinski definition) is 5. The Labute approximate surface area is 221 Å². The van der Waals surface area contributed by atoms with Crippen molar-refractivity contribution < 1.29 is 9.53 Å². The van der Waals surface area contributed by atoms with Crippen LogP contribution in [0.5, 0.6) is 0 Å². The van der Waals surface area contributed by atoms with Crippen LogP contribution in [0.2, 0.25) is 0 Å². The summed E-state index contributed by atoms with van der Waals surface area (Å²) in [6, 6.07) is 19.7. The summed E-state index contributed by atoms with van der Waals surface area (Å²) in [4.78, 5) is 23.2. The molecule has 1 aliphatic heterocycles. The summed E-state index contributed by atoms with van der Waals surface area (Å²) in [7, 11) is 1.50. The van der Waals surface area contributed by atoms with Crippen molar-refractivity contribution in [1.82, 2.24) is 19.9 Å². The number of pyridine rings is 2. The van der Waals surface area contributed by atoms with Crippen LogP contribution in [0.3, 0.4) is 0 Å². The number of carbonyl (C=O) groups excluding carboxylic acids is 1. The lowest BCUT2D eigenvalue weighted by Crippen LogP contribution is -2.30. The molecule has 3 aromatic heterocycles. The smallest absolute Gasteiger partial charge is 0.250 e. The van der Waals surface area contributed by atoms with Gasteiger partial charge < -0.3 is 24.8 Å². The van der Waals surface area contributed by atoms with Crippen molar-refractivity contribution >= 4 is 34.6 Å². The Hall–Kier alpha value is -4.08. The standard InChI is InChI=1S/C28H28N6O2S/c1-18-15-20(10-11-22(18)31-25(35)17-36-3)34-27(26(32-28(34)37)23-8-4-5-14-30-23)24-12-9-19(2)33(24)21-7-6-13-29-16-21/h4-16,26-27H,17H2,1-3H3,(H,31,35)(H,32,37). The molecule has 188 valence electrons. The van der Waals surface area contributed by atoms with Crippen LogP contribution < -0.4 is 15.5 Å². The van der Waals surface area contributed by atoms with E-state index in [2.05, 4.69) is 49.1 Å². The molecule has 4 heterocycles. The van der Waals surface area contributed by atoms with Crippen LogP contribution in [-0.4, -0.2) is 39.3 Å². The molecule has 1 aliphatic rings. The number of rotatable bonds is 7. The molecule has 4 aromatic rings. The van der Waals surface area contributed by atoms with Gasteiger partial charge in [-0.2, -0.15) is 0 Å². The molecule has 5 rings (SSSR count). The second-order valence-corrected chi connectivity index (χ2v) is 9.31. The highest BCUT2D eigenvalue weighted by atomic mass is 32.1. The average Bonchev–Trinajstić information content (AvgIpc) is 3.45. The van der Waals surface area contributed by atoms with Gasteiger partial charge in [-0.25, -0.2) is 0 Å². The van der Waals surface area contributed by atoms with Crippen LogP contribution in [0, 0.1) is 13.8 Å². The van der Waals surface area contributed by atoms with Gasteiger partial charge in [0.25, 0.3) is 0 Å². The molecule has 1 aromatic carbocycles.